The third-order valence-electron chi connectivity index (χ3n) is 3.32. The van der Waals surface area contributed by atoms with E-state index in [0.29, 0.717) is 18.2 Å². The van der Waals surface area contributed by atoms with Crippen LogP contribution in [0.15, 0.2) is 12.7 Å². The SMILES string of the molecule is C=CCCC(C)NC(C)CCC1CCCO1. The van der Waals surface area contributed by atoms with Gasteiger partial charge in [0, 0.05) is 18.7 Å². The van der Waals surface area contributed by atoms with E-state index in [4.69, 9.17) is 4.74 Å². The maximum absolute atomic E-state index is 5.63. The highest BCUT2D eigenvalue weighted by Gasteiger charge is 2.16. The molecule has 1 heterocycles. The summed E-state index contributed by atoms with van der Waals surface area (Å²) in [6, 6.07) is 1.20. The topological polar surface area (TPSA) is 21.3 Å². The molecule has 0 bridgehead atoms. The van der Waals surface area contributed by atoms with Crippen LogP contribution < -0.4 is 5.32 Å². The van der Waals surface area contributed by atoms with Gasteiger partial charge < -0.3 is 10.1 Å². The number of allylic oxidation sites excluding steroid dienone is 1. The molecule has 1 N–H and O–H groups in total. The van der Waals surface area contributed by atoms with Gasteiger partial charge in [-0.2, -0.15) is 0 Å². The molecule has 3 unspecified atom stereocenters. The molecule has 1 fully saturated rings. The van der Waals surface area contributed by atoms with Gasteiger partial charge in [-0.25, -0.2) is 0 Å². The molecule has 0 aliphatic carbocycles. The summed E-state index contributed by atoms with van der Waals surface area (Å²) >= 11 is 0. The van der Waals surface area contributed by atoms with E-state index in [0.717, 1.165) is 13.0 Å². The van der Waals surface area contributed by atoms with Gasteiger partial charge in [-0.15, -0.1) is 6.58 Å². The summed E-state index contributed by atoms with van der Waals surface area (Å²) in [5, 5.41) is 3.64. The summed E-state index contributed by atoms with van der Waals surface area (Å²) < 4.78 is 5.63. The summed E-state index contributed by atoms with van der Waals surface area (Å²) in [6.07, 6.45) is 9.77. The van der Waals surface area contributed by atoms with Crippen molar-refractivity contribution in [3.8, 4) is 0 Å². The molecule has 1 aliphatic rings. The molecule has 0 radical (unpaired) electrons. The Morgan fingerprint density at radius 3 is 2.75 bits per heavy atom. The number of hydrogen-bond acceptors (Lipinski definition) is 2. The van der Waals surface area contributed by atoms with Crippen molar-refractivity contribution >= 4 is 0 Å². The van der Waals surface area contributed by atoms with E-state index in [-0.39, 0.29) is 0 Å². The molecule has 0 aromatic heterocycles. The third kappa shape index (κ3) is 5.66. The average molecular weight is 225 g/mol. The van der Waals surface area contributed by atoms with Gasteiger partial charge in [-0.05, 0) is 52.4 Å². The molecule has 1 aliphatic heterocycles. The first-order chi connectivity index (χ1) is 7.72. The monoisotopic (exact) mass is 225 g/mol. The van der Waals surface area contributed by atoms with E-state index in [1.54, 1.807) is 0 Å². The standard InChI is InChI=1S/C14H27NO/c1-4-5-7-12(2)15-13(3)9-10-14-8-6-11-16-14/h4,12-15H,1,5-11H2,2-3H3. The van der Waals surface area contributed by atoms with E-state index in [1.165, 1.54) is 32.1 Å². The summed E-state index contributed by atoms with van der Waals surface area (Å²) in [5.41, 5.74) is 0. The second-order valence-electron chi connectivity index (χ2n) is 5.05. The summed E-state index contributed by atoms with van der Waals surface area (Å²) in [7, 11) is 0. The summed E-state index contributed by atoms with van der Waals surface area (Å²) in [4.78, 5) is 0. The Labute approximate surface area is 100 Å². The number of rotatable bonds is 8. The van der Waals surface area contributed by atoms with Crippen molar-refractivity contribution in [2.24, 2.45) is 0 Å². The number of nitrogens with one attached hydrogen (secondary N) is 1. The predicted octanol–water partition coefficient (Wildman–Crippen LogP) is 3.28. The highest BCUT2D eigenvalue weighted by atomic mass is 16.5. The second-order valence-corrected chi connectivity index (χ2v) is 5.05. The van der Waals surface area contributed by atoms with Crippen molar-refractivity contribution in [2.45, 2.75) is 70.6 Å². The molecule has 1 rings (SSSR count). The summed E-state index contributed by atoms with van der Waals surface area (Å²) in [5.74, 6) is 0. The molecule has 2 nitrogen and oxygen atoms in total. The van der Waals surface area contributed by atoms with Crippen LogP contribution in [0.3, 0.4) is 0 Å². The Morgan fingerprint density at radius 2 is 2.12 bits per heavy atom. The fourth-order valence-corrected chi connectivity index (χ4v) is 2.33. The number of hydrogen-bond donors (Lipinski definition) is 1. The largest absolute Gasteiger partial charge is 0.378 e. The van der Waals surface area contributed by atoms with Crippen LogP contribution >= 0.6 is 0 Å². The maximum Gasteiger partial charge on any atom is 0.0576 e. The quantitative estimate of drug-likeness (QED) is 0.640. The average Bonchev–Trinajstić information content (AvgIpc) is 2.76. The van der Waals surface area contributed by atoms with Crippen LogP contribution in [0.2, 0.25) is 0 Å². The molecule has 0 saturated carbocycles. The fraction of sp³-hybridized carbons (Fsp3) is 0.857. The Bertz CT molecular complexity index is 187. The molecular weight excluding hydrogens is 198 g/mol. The molecule has 2 heteroatoms. The van der Waals surface area contributed by atoms with Crippen molar-refractivity contribution in [3.05, 3.63) is 12.7 Å². The van der Waals surface area contributed by atoms with Crippen LogP contribution in [0.5, 0.6) is 0 Å². The molecule has 94 valence electrons. The van der Waals surface area contributed by atoms with Gasteiger partial charge in [-0.1, -0.05) is 6.08 Å². The molecule has 0 aromatic rings. The molecular formula is C14H27NO. The van der Waals surface area contributed by atoms with Crippen LogP contribution in [0.1, 0.15) is 52.4 Å². The van der Waals surface area contributed by atoms with Crippen LogP contribution in [0.4, 0.5) is 0 Å². The molecule has 1 saturated heterocycles. The lowest BCUT2D eigenvalue weighted by Gasteiger charge is -2.20. The fourth-order valence-electron chi connectivity index (χ4n) is 2.33. The first kappa shape index (κ1) is 13.7. The van der Waals surface area contributed by atoms with Crippen LogP contribution in [0, 0.1) is 0 Å². The predicted molar refractivity (Wildman–Crippen MR) is 69.7 cm³/mol. The molecule has 0 aromatic carbocycles. The van der Waals surface area contributed by atoms with Crippen molar-refractivity contribution in [1.82, 2.24) is 5.32 Å². The van der Waals surface area contributed by atoms with Crippen molar-refractivity contribution in [3.63, 3.8) is 0 Å². The van der Waals surface area contributed by atoms with E-state index in [9.17, 15) is 0 Å². The minimum absolute atomic E-state index is 0.535. The normalized spacial score (nSPS) is 24.2. The Balaban J connectivity index is 2.04. The van der Waals surface area contributed by atoms with Crippen molar-refractivity contribution in [1.29, 1.82) is 0 Å². The van der Waals surface area contributed by atoms with Gasteiger partial charge in [0.25, 0.3) is 0 Å². The lowest BCUT2D eigenvalue weighted by Crippen LogP contribution is -2.34. The highest BCUT2D eigenvalue weighted by Crippen LogP contribution is 2.17. The minimum Gasteiger partial charge on any atom is -0.378 e. The van der Waals surface area contributed by atoms with Crippen LogP contribution in [-0.2, 0) is 4.74 Å². The van der Waals surface area contributed by atoms with Gasteiger partial charge in [-0.3, -0.25) is 0 Å². The first-order valence-electron chi connectivity index (χ1n) is 6.71. The number of ether oxygens (including phenoxy) is 1. The molecule has 16 heavy (non-hydrogen) atoms. The maximum atomic E-state index is 5.63. The zero-order chi connectivity index (χ0) is 11.8. The second kappa shape index (κ2) is 7.86. The lowest BCUT2D eigenvalue weighted by atomic mass is 10.1. The van der Waals surface area contributed by atoms with Gasteiger partial charge in [0.1, 0.15) is 0 Å². The highest BCUT2D eigenvalue weighted by molar-refractivity contribution is 4.75. The van der Waals surface area contributed by atoms with E-state index >= 15 is 0 Å². The van der Waals surface area contributed by atoms with Crippen molar-refractivity contribution < 1.29 is 4.74 Å². The lowest BCUT2D eigenvalue weighted by molar-refractivity contribution is 0.0997. The third-order valence-corrected chi connectivity index (χ3v) is 3.32. The van der Waals surface area contributed by atoms with Crippen molar-refractivity contribution in [2.75, 3.05) is 6.61 Å². The zero-order valence-electron chi connectivity index (χ0n) is 10.9. The van der Waals surface area contributed by atoms with E-state index in [2.05, 4.69) is 25.7 Å². The van der Waals surface area contributed by atoms with E-state index < -0.39 is 0 Å². The van der Waals surface area contributed by atoms with Crippen LogP contribution in [-0.4, -0.2) is 24.8 Å². The molecule has 3 atom stereocenters. The van der Waals surface area contributed by atoms with Gasteiger partial charge in [0.2, 0.25) is 0 Å². The molecule has 0 spiro atoms. The summed E-state index contributed by atoms with van der Waals surface area (Å²) in [6.45, 7) is 9.26. The van der Waals surface area contributed by atoms with Crippen LogP contribution in [0.25, 0.3) is 0 Å². The molecule has 0 amide bonds. The smallest absolute Gasteiger partial charge is 0.0576 e. The Morgan fingerprint density at radius 1 is 1.38 bits per heavy atom. The Kier molecular flexibility index (Phi) is 6.74. The van der Waals surface area contributed by atoms with E-state index in [1.807, 2.05) is 6.08 Å². The van der Waals surface area contributed by atoms with Gasteiger partial charge >= 0.3 is 0 Å². The minimum atomic E-state index is 0.535. The van der Waals surface area contributed by atoms with Gasteiger partial charge in [0.15, 0.2) is 0 Å². The first-order valence-corrected chi connectivity index (χ1v) is 6.71. The zero-order valence-corrected chi connectivity index (χ0v) is 10.9. The van der Waals surface area contributed by atoms with Gasteiger partial charge in [0.05, 0.1) is 6.10 Å². The Hall–Kier alpha value is -0.340.